The average Bonchev–Trinajstić information content (AvgIpc) is 3.20. The van der Waals surface area contributed by atoms with Gasteiger partial charge in [0.1, 0.15) is 5.82 Å². The van der Waals surface area contributed by atoms with Gasteiger partial charge in [-0.25, -0.2) is 9.37 Å². The van der Waals surface area contributed by atoms with E-state index in [1.807, 2.05) is 18.7 Å². The van der Waals surface area contributed by atoms with Crippen LogP contribution in [0.2, 0.25) is 0 Å². The number of anilines is 2. The van der Waals surface area contributed by atoms with Gasteiger partial charge in [-0.15, -0.1) is 11.3 Å². The Bertz CT molecular complexity index is 982. The van der Waals surface area contributed by atoms with Gasteiger partial charge in [0.25, 0.3) is 0 Å². The first-order valence-corrected chi connectivity index (χ1v) is 11.7. The maximum absolute atomic E-state index is 13.8. The molecular weight excluding hydrogens is 415 g/mol. The summed E-state index contributed by atoms with van der Waals surface area (Å²) in [6.07, 6.45) is 2.18. The molecular formula is C23H29FN4O2S. The number of hydrogen-bond donors (Lipinski definition) is 1. The van der Waals surface area contributed by atoms with Gasteiger partial charge >= 0.3 is 0 Å². The van der Waals surface area contributed by atoms with Crippen LogP contribution in [0.4, 0.5) is 15.2 Å². The summed E-state index contributed by atoms with van der Waals surface area (Å²) in [6.45, 7) is 8.56. The summed E-state index contributed by atoms with van der Waals surface area (Å²) in [5, 5.41) is 3.89. The Labute approximate surface area is 186 Å². The molecule has 0 bridgehead atoms. The summed E-state index contributed by atoms with van der Waals surface area (Å²) in [5.41, 5.74) is 2.09. The van der Waals surface area contributed by atoms with Gasteiger partial charge in [-0.1, -0.05) is 19.9 Å². The molecule has 31 heavy (non-hydrogen) atoms. The van der Waals surface area contributed by atoms with Crippen LogP contribution in [0.1, 0.15) is 36.4 Å². The number of aryl methyl sites for hydroxylation is 1. The number of benzene rings is 1. The van der Waals surface area contributed by atoms with Crippen LogP contribution < -0.4 is 10.2 Å². The molecule has 6 nitrogen and oxygen atoms in total. The molecule has 1 atom stereocenters. The zero-order valence-electron chi connectivity index (χ0n) is 18.3. The fourth-order valence-corrected chi connectivity index (χ4v) is 5.42. The van der Waals surface area contributed by atoms with Crippen LogP contribution in [0, 0.1) is 24.6 Å². The molecule has 0 radical (unpaired) electrons. The standard InChI is InChI=1S/C23H29FN4O2S/c1-14(2)22(30)27-9-11-28(12-10-27)23-26-19-8-7-16(13-20(19)31-23)21(29)25-18-6-4-5-17(24)15(18)3/h4-6,14,16H,7-13H2,1-3H3,(H,25,29)/t16-/m0/s1. The number of hydrogen-bond acceptors (Lipinski definition) is 5. The van der Waals surface area contributed by atoms with Crippen molar-refractivity contribution >= 4 is 34.0 Å². The zero-order chi connectivity index (χ0) is 22.1. The van der Waals surface area contributed by atoms with Crippen LogP contribution in [0.3, 0.4) is 0 Å². The fraction of sp³-hybridized carbons (Fsp3) is 0.522. The van der Waals surface area contributed by atoms with Crippen molar-refractivity contribution in [1.29, 1.82) is 0 Å². The summed E-state index contributed by atoms with van der Waals surface area (Å²) >= 11 is 1.66. The lowest BCUT2D eigenvalue weighted by atomic mass is 9.90. The molecule has 1 fully saturated rings. The van der Waals surface area contributed by atoms with Gasteiger partial charge in [0.05, 0.1) is 5.69 Å². The summed E-state index contributed by atoms with van der Waals surface area (Å²) in [7, 11) is 0. The molecule has 8 heteroatoms. The zero-order valence-corrected chi connectivity index (χ0v) is 19.1. The Kier molecular flexibility index (Phi) is 6.27. The van der Waals surface area contributed by atoms with Gasteiger partial charge in [-0.3, -0.25) is 9.59 Å². The number of aromatic nitrogens is 1. The van der Waals surface area contributed by atoms with Gasteiger partial charge < -0.3 is 15.1 Å². The van der Waals surface area contributed by atoms with Crippen LogP contribution in [-0.2, 0) is 22.4 Å². The maximum atomic E-state index is 13.8. The number of piperazine rings is 1. The molecule has 1 aromatic carbocycles. The first-order chi connectivity index (χ1) is 14.8. The molecule has 2 aliphatic rings. The highest BCUT2D eigenvalue weighted by Gasteiger charge is 2.30. The van der Waals surface area contributed by atoms with Crippen molar-refractivity contribution < 1.29 is 14.0 Å². The normalized spacial score (nSPS) is 18.8. The largest absolute Gasteiger partial charge is 0.345 e. The Hall–Kier alpha value is -2.48. The Balaban J connectivity index is 1.38. The molecule has 2 amide bonds. The number of amides is 2. The van der Waals surface area contributed by atoms with Gasteiger partial charge in [-0.2, -0.15) is 0 Å². The predicted molar refractivity (Wildman–Crippen MR) is 121 cm³/mol. The lowest BCUT2D eigenvalue weighted by Crippen LogP contribution is -2.49. The highest BCUT2D eigenvalue weighted by molar-refractivity contribution is 7.15. The smallest absolute Gasteiger partial charge is 0.227 e. The monoisotopic (exact) mass is 444 g/mol. The van der Waals surface area contributed by atoms with Crippen LogP contribution in [0.25, 0.3) is 0 Å². The number of thiazole rings is 1. The number of carbonyl (C=O) groups is 2. The van der Waals surface area contributed by atoms with Gasteiger partial charge in [0.2, 0.25) is 11.8 Å². The first kappa shape index (κ1) is 21.7. The lowest BCUT2D eigenvalue weighted by molar-refractivity contribution is -0.134. The highest BCUT2D eigenvalue weighted by Crippen LogP contribution is 2.35. The summed E-state index contributed by atoms with van der Waals surface area (Å²) in [5.74, 6) is -0.274. The van der Waals surface area contributed by atoms with E-state index >= 15 is 0 Å². The quantitative estimate of drug-likeness (QED) is 0.782. The van der Waals surface area contributed by atoms with E-state index in [4.69, 9.17) is 4.98 Å². The van der Waals surface area contributed by atoms with Crippen LogP contribution in [-0.4, -0.2) is 47.9 Å². The van der Waals surface area contributed by atoms with E-state index in [1.165, 1.54) is 6.07 Å². The molecule has 2 aromatic rings. The van der Waals surface area contributed by atoms with Crippen molar-refractivity contribution in [2.75, 3.05) is 36.4 Å². The van der Waals surface area contributed by atoms with Crippen LogP contribution >= 0.6 is 11.3 Å². The molecule has 4 rings (SSSR count). The average molecular weight is 445 g/mol. The number of rotatable bonds is 4. The predicted octanol–water partition coefficient (Wildman–Crippen LogP) is 3.64. The summed E-state index contributed by atoms with van der Waals surface area (Å²) < 4.78 is 13.8. The first-order valence-electron chi connectivity index (χ1n) is 10.9. The second kappa shape index (κ2) is 8.94. The van der Waals surface area contributed by atoms with Crippen molar-refractivity contribution in [2.45, 2.75) is 40.0 Å². The van der Waals surface area contributed by atoms with Gasteiger partial charge in [-0.05, 0) is 38.3 Å². The third-order valence-electron chi connectivity index (χ3n) is 6.18. The molecule has 1 aliphatic heterocycles. The molecule has 166 valence electrons. The molecule has 0 spiro atoms. The van der Waals surface area contributed by atoms with Crippen LogP contribution in [0.5, 0.6) is 0 Å². The number of nitrogens with zero attached hydrogens (tertiary/aromatic N) is 3. The number of fused-ring (bicyclic) bond motifs is 1. The topological polar surface area (TPSA) is 65.5 Å². The molecule has 0 unspecified atom stereocenters. The van der Waals surface area contributed by atoms with E-state index in [2.05, 4.69) is 10.2 Å². The van der Waals surface area contributed by atoms with Crippen molar-refractivity contribution in [3.63, 3.8) is 0 Å². The second-order valence-electron chi connectivity index (χ2n) is 8.67. The molecule has 2 heterocycles. The third kappa shape index (κ3) is 4.59. The molecule has 1 saturated heterocycles. The molecule has 1 aliphatic carbocycles. The number of carbonyl (C=O) groups excluding carboxylic acids is 2. The Morgan fingerprint density at radius 1 is 1.23 bits per heavy atom. The SMILES string of the molecule is Cc1c(F)cccc1NC(=O)[C@H]1CCc2nc(N3CCN(C(=O)C(C)C)CC3)sc2C1. The van der Waals surface area contributed by atoms with E-state index < -0.39 is 0 Å². The van der Waals surface area contributed by atoms with Gasteiger partial charge in [0, 0.05) is 54.1 Å². The van der Waals surface area contributed by atoms with E-state index in [9.17, 15) is 14.0 Å². The molecule has 1 N–H and O–H groups in total. The lowest BCUT2D eigenvalue weighted by Gasteiger charge is -2.35. The Morgan fingerprint density at radius 3 is 2.68 bits per heavy atom. The molecule has 0 saturated carbocycles. The van der Waals surface area contributed by atoms with E-state index in [0.29, 0.717) is 17.7 Å². The minimum absolute atomic E-state index is 0.0259. The van der Waals surface area contributed by atoms with E-state index in [-0.39, 0.29) is 29.5 Å². The van der Waals surface area contributed by atoms with Crippen molar-refractivity contribution in [3.05, 3.63) is 40.2 Å². The maximum Gasteiger partial charge on any atom is 0.227 e. The fourth-order valence-electron chi connectivity index (χ4n) is 4.18. The van der Waals surface area contributed by atoms with Crippen molar-refractivity contribution in [2.24, 2.45) is 11.8 Å². The Morgan fingerprint density at radius 2 is 1.97 bits per heavy atom. The second-order valence-corrected chi connectivity index (χ2v) is 9.74. The number of halogens is 1. The minimum atomic E-state index is -0.314. The third-order valence-corrected chi connectivity index (χ3v) is 7.36. The van der Waals surface area contributed by atoms with Gasteiger partial charge in [0.15, 0.2) is 5.13 Å². The van der Waals surface area contributed by atoms with E-state index in [0.717, 1.165) is 54.7 Å². The highest BCUT2D eigenvalue weighted by atomic mass is 32.1. The van der Waals surface area contributed by atoms with Crippen molar-refractivity contribution in [3.8, 4) is 0 Å². The minimum Gasteiger partial charge on any atom is -0.345 e. The summed E-state index contributed by atoms with van der Waals surface area (Å²) in [6, 6.07) is 4.75. The van der Waals surface area contributed by atoms with E-state index in [1.54, 1.807) is 30.4 Å². The summed E-state index contributed by atoms with van der Waals surface area (Å²) in [4.78, 5) is 35.2. The molecule has 1 aromatic heterocycles. The van der Waals surface area contributed by atoms with Crippen LogP contribution in [0.15, 0.2) is 18.2 Å². The number of nitrogens with one attached hydrogen (secondary N) is 1. The van der Waals surface area contributed by atoms with Crippen molar-refractivity contribution in [1.82, 2.24) is 9.88 Å².